The Labute approximate surface area is 160 Å². The van der Waals surface area contributed by atoms with E-state index in [0.29, 0.717) is 13.0 Å². The van der Waals surface area contributed by atoms with Crippen LogP contribution in [0.2, 0.25) is 0 Å². The van der Waals surface area contributed by atoms with Gasteiger partial charge in [0.2, 0.25) is 11.8 Å². The number of nitrogens with one attached hydrogen (secondary N) is 2. The van der Waals surface area contributed by atoms with E-state index in [1.165, 1.54) is 0 Å². The number of carbonyl (C=O) groups excluding carboxylic acids is 2. The van der Waals surface area contributed by atoms with Crippen LogP contribution in [0.4, 0.5) is 0 Å². The Bertz CT molecular complexity index is 730. The standard InChI is InChI=1S/C21H27N3O3/c1-15(2)11-19(21(26)23-14-17-5-4-10-22-13-17)24-20(25)12-16-6-8-18(27-3)9-7-16/h4-10,13,15,19H,11-12,14H2,1-3H3,(H,23,26)(H,24,25)/t19-/m0/s1. The third-order valence-corrected chi connectivity index (χ3v) is 4.07. The molecule has 2 aromatic rings. The van der Waals surface area contributed by atoms with Gasteiger partial charge in [0.05, 0.1) is 13.5 Å². The van der Waals surface area contributed by atoms with Crippen LogP contribution in [0.1, 0.15) is 31.4 Å². The lowest BCUT2D eigenvalue weighted by Crippen LogP contribution is -2.47. The molecule has 0 radical (unpaired) electrons. The topological polar surface area (TPSA) is 80.3 Å². The van der Waals surface area contributed by atoms with Crippen molar-refractivity contribution in [3.8, 4) is 5.75 Å². The summed E-state index contributed by atoms with van der Waals surface area (Å²) in [6, 6.07) is 10.5. The highest BCUT2D eigenvalue weighted by atomic mass is 16.5. The summed E-state index contributed by atoms with van der Waals surface area (Å²) in [5.74, 6) is 0.657. The van der Waals surface area contributed by atoms with E-state index in [9.17, 15) is 9.59 Å². The predicted molar refractivity (Wildman–Crippen MR) is 104 cm³/mol. The summed E-state index contributed by atoms with van der Waals surface area (Å²) in [6.07, 6.45) is 4.19. The van der Waals surface area contributed by atoms with E-state index in [1.807, 2.05) is 50.2 Å². The molecule has 144 valence electrons. The molecule has 27 heavy (non-hydrogen) atoms. The Morgan fingerprint density at radius 1 is 1.11 bits per heavy atom. The fourth-order valence-corrected chi connectivity index (χ4v) is 2.69. The first-order valence-electron chi connectivity index (χ1n) is 9.07. The lowest BCUT2D eigenvalue weighted by Gasteiger charge is -2.20. The van der Waals surface area contributed by atoms with Gasteiger partial charge in [0, 0.05) is 18.9 Å². The van der Waals surface area contributed by atoms with Gasteiger partial charge in [-0.25, -0.2) is 0 Å². The Morgan fingerprint density at radius 3 is 2.44 bits per heavy atom. The number of amides is 2. The quantitative estimate of drug-likeness (QED) is 0.712. The molecule has 0 unspecified atom stereocenters. The van der Waals surface area contributed by atoms with E-state index in [4.69, 9.17) is 4.74 Å². The summed E-state index contributed by atoms with van der Waals surface area (Å²) >= 11 is 0. The summed E-state index contributed by atoms with van der Waals surface area (Å²) in [6.45, 7) is 4.43. The molecule has 0 aliphatic rings. The van der Waals surface area contributed by atoms with Crippen LogP contribution in [0.15, 0.2) is 48.8 Å². The molecule has 0 bridgehead atoms. The van der Waals surface area contributed by atoms with Crippen LogP contribution >= 0.6 is 0 Å². The number of methoxy groups -OCH3 is 1. The van der Waals surface area contributed by atoms with E-state index >= 15 is 0 Å². The fraction of sp³-hybridized carbons (Fsp3) is 0.381. The van der Waals surface area contributed by atoms with Gasteiger partial charge in [-0.2, -0.15) is 0 Å². The average Bonchev–Trinajstić information content (AvgIpc) is 2.66. The van der Waals surface area contributed by atoms with Crippen LogP contribution in [0.3, 0.4) is 0 Å². The van der Waals surface area contributed by atoms with Crippen molar-refractivity contribution in [2.24, 2.45) is 5.92 Å². The van der Waals surface area contributed by atoms with Crippen molar-refractivity contribution >= 4 is 11.8 Å². The van der Waals surface area contributed by atoms with Crippen molar-refractivity contribution in [2.75, 3.05) is 7.11 Å². The maximum absolute atomic E-state index is 12.6. The van der Waals surface area contributed by atoms with Crippen molar-refractivity contribution in [1.29, 1.82) is 0 Å². The molecular formula is C21H27N3O3. The van der Waals surface area contributed by atoms with Crippen molar-refractivity contribution < 1.29 is 14.3 Å². The van der Waals surface area contributed by atoms with Gasteiger partial charge in [0.1, 0.15) is 11.8 Å². The first-order valence-corrected chi connectivity index (χ1v) is 9.07. The number of hydrogen-bond acceptors (Lipinski definition) is 4. The van der Waals surface area contributed by atoms with Gasteiger partial charge >= 0.3 is 0 Å². The minimum absolute atomic E-state index is 0.178. The number of pyridine rings is 1. The molecular weight excluding hydrogens is 342 g/mol. The molecule has 0 fully saturated rings. The molecule has 6 heteroatoms. The summed E-state index contributed by atoms with van der Waals surface area (Å²) in [7, 11) is 1.60. The van der Waals surface area contributed by atoms with Gasteiger partial charge in [-0.1, -0.05) is 32.0 Å². The molecule has 2 amide bonds. The first kappa shape index (κ1) is 20.4. The van der Waals surface area contributed by atoms with Crippen LogP contribution in [0.5, 0.6) is 5.75 Å². The second kappa shape index (κ2) is 10.3. The monoisotopic (exact) mass is 369 g/mol. The highest BCUT2D eigenvalue weighted by Crippen LogP contribution is 2.12. The van der Waals surface area contributed by atoms with E-state index in [-0.39, 0.29) is 24.2 Å². The largest absolute Gasteiger partial charge is 0.497 e. The van der Waals surface area contributed by atoms with Crippen LogP contribution in [-0.4, -0.2) is 29.9 Å². The number of ether oxygens (including phenoxy) is 1. The number of rotatable bonds is 9. The lowest BCUT2D eigenvalue weighted by atomic mass is 10.0. The molecule has 1 heterocycles. The summed E-state index contributed by atoms with van der Waals surface area (Å²) < 4.78 is 5.12. The molecule has 0 spiro atoms. The zero-order chi connectivity index (χ0) is 19.6. The molecule has 2 N–H and O–H groups in total. The van der Waals surface area contributed by atoms with Gasteiger partial charge in [0.15, 0.2) is 0 Å². The van der Waals surface area contributed by atoms with E-state index in [2.05, 4.69) is 15.6 Å². The molecule has 0 aliphatic carbocycles. The van der Waals surface area contributed by atoms with Crippen molar-refractivity contribution in [2.45, 2.75) is 39.3 Å². The fourth-order valence-electron chi connectivity index (χ4n) is 2.69. The van der Waals surface area contributed by atoms with Crippen LogP contribution in [0.25, 0.3) is 0 Å². The zero-order valence-electron chi connectivity index (χ0n) is 16.1. The smallest absolute Gasteiger partial charge is 0.242 e. The number of aromatic nitrogens is 1. The van der Waals surface area contributed by atoms with Crippen molar-refractivity contribution in [3.63, 3.8) is 0 Å². The molecule has 1 aromatic carbocycles. The number of nitrogens with zero attached hydrogens (tertiary/aromatic N) is 1. The molecule has 0 saturated heterocycles. The normalized spacial score (nSPS) is 11.7. The third kappa shape index (κ3) is 7.09. The molecule has 0 aliphatic heterocycles. The van der Waals surface area contributed by atoms with Crippen molar-refractivity contribution in [1.82, 2.24) is 15.6 Å². The van der Waals surface area contributed by atoms with Crippen LogP contribution in [-0.2, 0) is 22.6 Å². The van der Waals surface area contributed by atoms with Crippen LogP contribution in [0, 0.1) is 5.92 Å². The van der Waals surface area contributed by atoms with E-state index in [1.54, 1.807) is 19.5 Å². The average molecular weight is 369 g/mol. The third-order valence-electron chi connectivity index (χ3n) is 4.07. The second-order valence-corrected chi connectivity index (χ2v) is 6.85. The highest BCUT2D eigenvalue weighted by molar-refractivity contribution is 5.88. The maximum Gasteiger partial charge on any atom is 0.242 e. The molecule has 1 aromatic heterocycles. The summed E-state index contributed by atoms with van der Waals surface area (Å²) in [5.41, 5.74) is 1.78. The Balaban J connectivity index is 1.93. The second-order valence-electron chi connectivity index (χ2n) is 6.85. The molecule has 0 saturated carbocycles. The Morgan fingerprint density at radius 2 is 1.85 bits per heavy atom. The summed E-state index contributed by atoms with van der Waals surface area (Å²) in [4.78, 5) is 29.0. The molecule has 1 atom stereocenters. The summed E-state index contributed by atoms with van der Waals surface area (Å²) in [5, 5.41) is 5.74. The van der Waals surface area contributed by atoms with Gasteiger partial charge in [0.25, 0.3) is 0 Å². The lowest BCUT2D eigenvalue weighted by molar-refractivity contribution is -0.129. The van der Waals surface area contributed by atoms with Gasteiger partial charge in [-0.3, -0.25) is 14.6 Å². The Kier molecular flexibility index (Phi) is 7.79. The number of hydrogen-bond donors (Lipinski definition) is 2. The number of carbonyl (C=O) groups is 2. The predicted octanol–water partition coefficient (Wildman–Crippen LogP) is 2.48. The highest BCUT2D eigenvalue weighted by Gasteiger charge is 2.21. The van der Waals surface area contributed by atoms with Gasteiger partial charge < -0.3 is 15.4 Å². The van der Waals surface area contributed by atoms with Crippen molar-refractivity contribution in [3.05, 3.63) is 59.9 Å². The minimum Gasteiger partial charge on any atom is -0.497 e. The SMILES string of the molecule is COc1ccc(CC(=O)N[C@@H](CC(C)C)C(=O)NCc2cccnc2)cc1. The van der Waals surface area contributed by atoms with Gasteiger partial charge in [-0.15, -0.1) is 0 Å². The number of benzene rings is 1. The molecule has 2 rings (SSSR count). The maximum atomic E-state index is 12.6. The first-order chi connectivity index (χ1) is 13.0. The van der Waals surface area contributed by atoms with Crippen LogP contribution < -0.4 is 15.4 Å². The Hall–Kier alpha value is -2.89. The van der Waals surface area contributed by atoms with E-state index in [0.717, 1.165) is 16.9 Å². The minimum atomic E-state index is -0.563. The van der Waals surface area contributed by atoms with Gasteiger partial charge in [-0.05, 0) is 41.7 Å². The zero-order valence-corrected chi connectivity index (χ0v) is 16.1. The molecule has 6 nitrogen and oxygen atoms in total. The van der Waals surface area contributed by atoms with E-state index < -0.39 is 6.04 Å².